The van der Waals surface area contributed by atoms with E-state index in [1.54, 1.807) is 0 Å². The number of aryl methyl sites for hydroxylation is 1. The summed E-state index contributed by atoms with van der Waals surface area (Å²) in [6, 6.07) is 19.2. The van der Waals surface area contributed by atoms with Gasteiger partial charge in [-0.2, -0.15) is 0 Å². The molecule has 21 heavy (non-hydrogen) atoms. The fraction of sp³-hybridized carbons (Fsp3) is 0.263. The lowest BCUT2D eigenvalue weighted by molar-refractivity contribution is 0.509. The van der Waals surface area contributed by atoms with Crippen molar-refractivity contribution < 1.29 is 4.42 Å². The van der Waals surface area contributed by atoms with Crippen LogP contribution in [0.5, 0.6) is 0 Å². The molecule has 0 fully saturated rings. The van der Waals surface area contributed by atoms with Crippen LogP contribution in [-0.4, -0.2) is 0 Å². The maximum absolute atomic E-state index is 5.83. The van der Waals surface area contributed by atoms with Gasteiger partial charge < -0.3 is 9.73 Å². The number of hydrogen-bond donors (Lipinski definition) is 1. The van der Waals surface area contributed by atoms with Gasteiger partial charge >= 0.3 is 0 Å². The van der Waals surface area contributed by atoms with E-state index in [-0.39, 0.29) is 0 Å². The van der Waals surface area contributed by atoms with E-state index in [0.29, 0.717) is 6.04 Å². The van der Waals surface area contributed by atoms with E-state index in [1.165, 1.54) is 16.5 Å². The zero-order valence-electron chi connectivity index (χ0n) is 12.6. The van der Waals surface area contributed by atoms with Crippen molar-refractivity contribution >= 4 is 11.0 Å². The Hall–Kier alpha value is -2.06. The Kier molecular flexibility index (Phi) is 4.07. The van der Waals surface area contributed by atoms with E-state index >= 15 is 0 Å². The Labute approximate surface area is 125 Å². The normalized spacial score (nSPS) is 12.7. The third kappa shape index (κ3) is 2.86. The third-order valence-corrected chi connectivity index (χ3v) is 4.04. The Morgan fingerprint density at radius 2 is 1.71 bits per heavy atom. The fourth-order valence-corrected chi connectivity index (χ4v) is 2.85. The molecule has 1 atom stereocenters. The van der Waals surface area contributed by atoms with Crippen molar-refractivity contribution in [2.75, 3.05) is 0 Å². The van der Waals surface area contributed by atoms with Crippen LogP contribution in [0.25, 0.3) is 11.0 Å². The largest absolute Gasteiger partial charge is 0.461 e. The molecule has 0 amide bonds. The molecule has 2 aromatic carbocycles. The second-order valence-corrected chi connectivity index (χ2v) is 5.39. The summed E-state index contributed by atoms with van der Waals surface area (Å²) < 4.78 is 5.83. The first kappa shape index (κ1) is 13.9. The van der Waals surface area contributed by atoms with E-state index in [2.05, 4.69) is 54.7 Å². The Morgan fingerprint density at radius 1 is 1.00 bits per heavy atom. The number of furan rings is 1. The van der Waals surface area contributed by atoms with Crippen molar-refractivity contribution in [1.82, 2.24) is 5.32 Å². The van der Waals surface area contributed by atoms with E-state index in [0.717, 1.165) is 24.3 Å². The van der Waals surface area contributed by atoms with Crippen molar-refractivity contribution in [3.8, 4) is 0 Å². The molecule has 1 N–H and O–H groups in total. The van der Waals surface area contributed by atoms with Crippen LogP contribution < -0.4 is 5.32 Å². The van der Waals surface area contributed by atoms with Gasteiger partial charge in [0.05, 0.1) is 0 Å². The van der Waals surface area contributed by atoms with Crippen LogP contribution >= 0.6 is 0 Å². The number of rotatable bonds is 5. The zero-order valence-corrected chi connectivity index (χ0v) is 12.6. The van der Waals surface area contributed by atoms with Crippen LogP contribution in [0.2, 0.25) is 0 Å². The highest BCUT2D eigenvalue weighted by Gasteiger charge is 2.13. The van der Waals surface area contributed by atoms with Crippen molar-refractivity contribution in [3.05, 3.63) is 71.5 Å². The zero-order chi connectivity index (χ0) is 14.7. The molecule has 0 radical (unpaired) electrons. The molecule has 0 spiro atoms. The SMILES string of the molecule is CCC(NCc1c(C)oc2ccccc12)c1ccccc1. The van der Waals surface area contributed by atoms with Crippen LogP contribution in [0.15, 0.2) is 59.0 Å². The minimum atomic E-state index is 0.374. The topological polar surface area (TPSA) is 25.2 Å². The average molecular weight is 279 g/mol. The summed E-state index contributed by atoms with van der Waals surface area (Å²) >= 11 is 0. The van der Waals surface area contributed by atoms with Crippen LogP contribution in [0.4, 0.5) is 0 Å². The smallest absolute Gasteiger partial charge is 0.134 e. The monoisotopic (exact) mass is 279 g/mol. The molecule has 0 aliphatic rings. The Morgan fingerprint density at radius 3 is 2.48 bits per heavy atom. The first-order valence-electron chi connectivity index (χ1n) is 7.55. The van der Waals surface area contributed by atoms with E-state index in [9.17, 15) is 0 Å². The lowest BCUT2D eigenvalue weighted by Crippen LogP contribution is -2.20. The summed E-state index contributed by atoms with van der Waals surface area (Å²) in [7, 11) is 0. The third-order valence-electron chi connectivity index (χ3n) is 4.04. The summed E-state index contributed by atoms with van der Waals surface area (Å²) in [6.07, 6.45) is 1.07. The molecule has 3 aromatic rings. The highest BCUT2D eigenvalue weighted by atomic mass is 16.3. The maximum Gasteiger partial charge on any atom is 0.134 e. The molecule has 2 nitrogen and oxygen atoms in total. The van der Waals surface area contributed by atoms with Gasteiger partial charge in [0.2, 0.25) is 0 Å². The second kappa shape index (κ2) is 6.15. The lowest BCUT2D eigenvalue weighted by atomic mass is 10.0. The highest BCUT2D eigenvalue weighted by molar-refractivity contribution is 5.82. The quantitative estimate of drug-likeness (QED) is 0.712. The minimum absolute atomic E-state index is 0.374. The predicted octanol–water partition coefficient (Wildman–Crippen LogP) is 4.98. The molecule has 0 saturated heterocycles. The summed E-state index contributed by atoms with van der Waals surface area (Å²) in [6.45, 7) is 5.09. The standard InChI is InChI=1S/C19H21NO/c1-3-18(15-9-5-4-6-10-15)20-13-17-14(2)21-19-12-8-7-11-16(17)19/h4-12,18,20H,3,13H2,1-2H3. The Bertz CT molecular complexity index is 715. The number of benzene rings is 2. The lowest BCUT2D eigenvalue weighted by Gasteiger charge is -2.17. The number of fused-ring (bicyclic) bond motifs is 1. The van der Waals surface area contributed by atoms with Gasteiger partial charge in [-0.15, -0.1) is 0 Å². The first-order chi connectivity index (χ1) is 10.3. The fourth-order valence-electron chi connectivity index (χ4n) is 2.85. The summed E-state index contributed by atoms with van der Waals surface area (Å²) in [5.74, 6) is 1.01. The molecule has 108 valence electrons. The number of nitrogens with one attached hydrogen (secondary N) is 1. The molecule has 0 saturated carbocycles. The van der Waals surface area contributed by atoms with Gasteiger partial charge in [-0.1, -0.05) is 55.5 Å². The Balaban J connectivity index is 1.81. The van der Waals surface area contributed by atoms with Gasteiger partial charge in [-0.25, -0.2) is 0 Å². The van der Waals surface area contributed by atoms with Crippen LogP contribution in [-0.2, 0) is 6.54 Å². The molecule has 0 aliphatic carbocycles. The molecule has 1 heterocycles. The van der Waals surface area contributed by atoms with Gasteiger partial charge in [0, 0.05) is 23.5 Å². The summed E-state index contributed by atoms with van der Waals surface area (Å²) in [5, 5.41) is 4.87. The molecule has 2 heteroatoms. The molecular formula is C19H21NO. The summed E-state index contributed by atoms with van der Waals surface area (Å²) in [5.41, 5.74) is 3.57. The van der Waals surface area contributed by atoms with E-state index < -0.39 is 0 Å². The van der Waals surface area contributed by atoms with Crippen molar-refractivity contribution in [2.24, 2.45) is 0 Å². The maximum atomic E-state index is 5.83. The van der Waals surface area contributed by atoms with Gasteiger partial charge in [0.1, 0.15) is 11.3 Å². The molecule has 0 aliphatic heterocycles. The molecular weight excluding hydrogens is 258 g/mol. The number of hydrogen-bond acceptors (Lipinski definition) is 2. The van der Waals surface area contributed by atoms with Gasteiger partial charge in [0.15, 0.2) is 0 Å². The molecule has 3 rings (SSSR count). The van der Waals surface area contributed by atoms with Gasteiger partial charge in [0.25, 0.3) is 0 Å². The summed E-state index contributed by atoms with van der Waals surface area (Å²) in [4.78, 5) is 0. The van der Waals surface area contributed by atoms with Crippen molar-refractivity contribution in [2.45, 2.75) is 32.9 Å². The van der Waals surface area contributed by atoms with Crippen molar-refractivity contribution in [3.63, 3.8) is 0 Å². The van der Waals surface area contributed by atoms with Crippen LogP contribution in [0, 0.1) is 6.92 Å². The number of para-hydroxylation sites is 1. The van der Waals surface area contributed by atoms with E-state index in [4.69, 9.17) is 4.42 Å². The van der Waals surface area contributed by atoms with Gasteiger partial charge in [-0.05, 0) is 25.0 Å². The van der Waals surface area contributed by atoms with Crippen LogP contribution in [0.3, 0.4) is 0 Å². The second-order valence-electron chi connectivity index (χ2n) is 5.39. The highest BCUT2D eigenvalue weighted by Crippen LogP contribution is 2.26. The average Bonchev–Trinajstić information content (AvgIpc) is 2.85. The first-order valence-corrected chi connectivity index (χ1v) is 7.55. The minimum Gasteiger partial charge on any atom is -0.461 e. The predicted molar refractivity (Wildman–Crippen MR) is 87.3 cm³/mol. The molecule has 1 aromatic heterocycles. The van der Waals surface area contributed by atoms with E-state index in [1.807, 2.05) is 19.1 Å². The van der Waals surface area contributed by atoms with Crippen molar-refractivity contribution in [1.29, 1.82) is 0 Å². The molecule has 0 bridgehead atoms. The van der Waals surface area contributed by atoms with Gasteiger partial charge in [-0.3, -0.25) is 0 Å². The van der Waals surface area contributed by atoms with Crippen LogP contribution in [0.1, 0.15) is 36.3 Å². The molecule has 1 unspecified atom stereocenters.